The fraction of sp³-hybridized carbons (Fsp3) is 0.429. The van der Waals surface area contributed by atoms with Gasteiger partial charge < -0.3 is 5.32 Å². The molecule has 2 aliphatic carbocycles. The standard InChI is InChI=1S/C14H15NO2/c16-8-9-4-6-10(7-5-9)15-14(17)13-11-2-1-3-12(11)13/h4-8,11-13H,1-3H2,(H,15,17). The molecule has 2 saturated carbocycles. The molecular formula is C14H15NO2. The highest BCUT2D eigenvalue weighted by molar-refractivity contribution is 5.95. The van der Waals surface area contributed by atoms with Gasteiger partial charge in [0.1, 0.15) is 6.29 Å². The first-order valence-corrected chi connectivity index (χ1v) is 6.16. The van der Waals surface area contributed by atoms with Crippen LogP contribution in [-0.2, 0) is 4.79 Å². The molecule has 0 radical (unpaired) electrons. The number of anilines is 1. The van der Waals surface area contributed by atoms with E-state index in [0.717, 1.165) is 12.0 Å². The summed E-state index contributed by atoms with van der Waals surface area (Å²) in [5.41, 5.74) is 1.41. The number of aldehydes is 1. The Labute approximate surface area is 100 Å². The van der Waals surface area contributed by atoms with Crippen LogP contribution in [0.2, 0.25) is 0 Å². The molecule has 88 valence electrons. The fourth-order valence-electron chi connectivity index (χ4n) is 3.08. The predicted molar refractivity (Wildman–Crippen MR) is 64.8 cm³/mol. The summed E-state index contributed by atoms with van der Waals surface area (Å²) in [4.78, 5) is 22.5. The highest BCUT2D eigenvalue weighted by atomic mass is 16.2. The van der Waals surface area contributed by atoms with Gasteiger partial charge in [-0.05, 0) is 48.9 Å². The van der Waals surface area contributed by atoms with E-state index < -0.39 is 0 Å². The van der Waals surface area contributed by atoms with E-state index in [0.29, 0.717) is 17.4 Å². The van der Waals surface area contributed by atoms with Gasteiger partial charge in [0, 0.05) is 17.2 Å². The lowest BCUT2D eigenvalue weighted by molar-refractivity contribution is -0.118. The first-order chi connectivity index (χ1) is 8.29. The summed E-state index contributed by atoms with van der Waals surface area (Å²) in [6.45, 7) is 0. The molecule has 1 N–H and O–H groups in total. The molecule has 0 aromatic heterocycles. The summed E-state index contributed by atoms with van der Waals surface area (Å²) in [6, 6.07) is 6.99. The topological polar surface area (TPSA) is 46.2 Å². The van der Waals surface area contributed by atoms with E-state index >= 15 is 0 Å². The largest absolute Gasteiger partial charge is 0.326 e. The third kappa shape index (κ3) is 1.86. The number of amides is 1. The molecule has 0 heterocycles. The maximum absolute atomic E-state index is 12.0. The number of fused-ring (bicyclic) bond motifs is 1. The third-order valence-electron chi connectivity index (χ3n) is 4.02. The van der Waals surface area contributed by atoms with Gasteiger partial charge in [-0.1, -0.05) is 6.42 Å². The van der Waals surface area contributed by atoms with Crippen LogP contribution >= 0.6 is 0 Å². The molecule has 3 rings (SSSR count). The quantitative estimate of drug-likeness (QED) is 0.809. The van der Waals surface area contributed by atoms with E-state index in [2.05, 4.69) is 5.32 Å². The number of nitrogens with one attached hydrogen (secondary N) is 1. The third-order valence-corrected chi connectivity index (χ3v) is 4.02. The van der Waals surface area contributed by atoms with Crippen LogP contribution in [0.3, 0.4) is 0 Å². The van der Waals surface area contributed by atoms with E-state index in [-0.39, 0.29) is 11.8 Å². The zero-order valence-corrected chi connectivity index (χ0v) is 9.56. The van der Waals surface area contributed by atoms with Gasteiger partial charge in [-0.3, -0.25) is 9.59 Å². The van der Waals surface area contributed by atoms with Crippen LogP contribution in [0.1, 0.15) is 29.6 Å². The lowest BCUT2D eigenvalue weighted by atomic mass is 10.1. The Kier molecular flexibility index (Phi) is 2.46. The monoisotopic (exact) mass is 229 g/mol. The van der Waals surface area contributed by atoms with Gasteiger partial charge in [-0.15, -0.1) is 0 Å². The van der Waals surface area contributed by atoms with Crippen LogP contribution in [0.5, 0.6) is 0 Å². The SMILES string of the molecule is O=Cc1ccc(NC(=O)C2C3CCCC32)cc1. The van der Waals surface area contributed by atoms with Crippen molar-refractivity contribution in [2.75, 3.05) is 5.32 Å². The number of hydrogen-bond acceptors (Lipinski definition) is 2. The average molecular weight is 229 g/mol. The van der Waals surface area contributed by atoms with Crippen LogP contribution in [0.25, 0.3) is 0 Å². The molecular weight excluding hydrogens is 214 g/mol. The molecule has 0 bridgehead atoms. The summed E-state index contributed by atoms with van der Waals surface area (Å²) < 4.78 is 0. The van der Waals surface area contributed by atoms with Gasteiger partial charge in [-0.2, -0.15) is 0 Å². The van der Waals surface area contributed by atoms with Crippen molar-refractivity contribution in [3.8, 4) is 0 Å². The smallest absolute Gasteiger partial charge is 0.228 e. The summed E-state index contributed by atoms with van der Waals surface area (Å²) in [5.74, 6) is 1.68. The minimum Gasteiger partial charge on any atom is -0.326 e. The van der Waals surface area contributed by atoms with Crippen molar-refractivity contribution in [2.45, 2.75) is 19.3 Å². The Morgan fingerprint density at radius 2 is 1.82 bits per heavy atom. The molecule has 1 amide bonds. The molecule has 2 atom stereocenters. The highest BCUT2D eigenvalue weighted by Gasteiger charge is 2.56. The minimum atomic E-state index is 0.151. The Balaban J connectivity index is 1.62. The van der Waals surface area contributed by atoms with Crippen LogP contribution < -0.4 is 5.32 Å². The van der Waals surface area contributed by atoms with E-state index in [1.807, 2.05) is 0 Å². The van der Waals surface area contributed by atoms with E-state index in [4.69, 9.17) is 0 Å². The summed E-state index contributed by atoms with van der Waals surface area (Å²) in [6.07, 6.45) is 4.52. The second kappa shape index (κ2) is 3.99. The predicted octanol–water partition coefficient (Wildman–Crippen LogP) is 2.48. The van der Waals surface area contributed by atoms with Gasteiger partial charge >= 0.3 is 0 Å². The van der Waals surface area contributed by atoms with Crippen molar-refractivity contribution in [1.29, 1.82) is 0 Å². The first kappa shape index (κ1) is 10.5. The molecule has 0 saturated heterocycles. The number of carbonyl (C=O) groups excluding carboxylic acids is 2. The van der Waals surface area contributed by atoms with Gasteiger partial charge in [0.25, 0.3) is 0 Å². The second-order valence-electron chi connectivity index (χ2n) is 5.01. The molecule has 1 aromatic rings. The lowest BCUT2D eigenvalue weighted by Crippen LogP contribution is -2.16. The average Bonchev–Trinajstić information content (AvgIpc) is 2.85. The maximum atomic E-state index is 12.0. The highest BCUT2D eigenvalue weighted by Crippen LogP contribution is 2.57. The Hall–Kier alpha value is -1.64. The Morgan fingerprint density at radius 3 is 2.41 bits per heavy atom. The van der Waals surface area contributed by atoms with Crippen molar-refractivity contribution < 1.29 is 9.59 Å². The Morgan fingerprint density at radius 1 is 1.18 bits per heavy atom. The van der Waals surface area contributed by atoms with Gasteiger partial charge in [0.2, 0.25) is 5.91 Å². The van der Waals surface area contributed by atoms with Gasteiger partial charge in [0.15, 0.2) is 0 Å². The van der Waals surface area contributed by atoms with Crippen molar-refractivity contribution in [3.05, 3.63) is 29.8 Å². The Bertz CT molecular complexity index is 442. The zero-order chi connectivity index (χ0) is 11.8. The lowest BCUT2D eigenvalue weighted by Gasteiger charge is -2.06. The van der Waals surface area contributed by atoms with Crippen molar-refractivity contribution in [1.82, 2.24) is 0 Å². The zero-order valence-electron chi connectivity index (χ0n) is 9.56. The normalized spacial score (nSPS) is 29.5. The summed E-state index contributed by atoms with van der Waals surface area (Å²) >= 11 is 0. The fourth-order valence-corrected chi connectivity index (χ4v) is 3.08. The number of benzene rings is 1. The molecule has 2 aliphatic rings. The van der Waals surface area contributed by atoms with E-state index in [1.165, 1.54) is 19.3 Å². The molecule has 17 heavy (non-hydrogen) atoms. The van der Waals surface area contributed by atoms with Gasteiger partial charge in [-0.25, -0.2) is 0 Å². The molecule has 0 aliphatic heterocycles. The van der Waals surface area contributed by atoms with Crippen LogP contribution in [0.4, 0.5) is 5.69 Å². The van der Waals surface area contributed by atoms with E-state index in [9.17, 15) is 9.59 Å². The summed E-state index contributed by atoms with van der Waals surface area (Å²) in [7, 11) is 0. The second-order valence-corrected chi connectivity index (χ2v) is 5.01. The molecule has 1 aromatic carbocycles. The van der Waals surface area contributed by atoms with Crippen molar-refractivity contribution in [3.63, 3.8) is 0 Å². The molecule has 2 unspecified atom stereocenters. The van der Waals surface area contributed by atoms with Crippen LogP contribution in [0, 0.1) is 17.8 Å². The van der Waals surface area contributed by atoms with Crippen molar-refractivity contribution >= 4 is 17.9 Å². The molecule has 3 nitrogen and oxygen atoms in total. The molecule has 3 heteroatoms. The van der Waals surface area contributed by atoms with E-state index in [1.54, 1.807) is 24.3 Å². The minimum absolute atomic E-state index is 0.151. The maximum Gasteiger partial charge on any atom is 0.228 e. The van der Waals surface area contributed by atoms with Crippen LogP contribution in [0.15, 0.2) is 24.3 Å². The number of hydrogen-bond donors (Lipinski definition) is 1. The van der Waals surface area contributed by atoms with Crippen LogP contribution in [-0.4, -0.2) is 12.2 Å². The molecule has 2 fully saturated rings. The number of carbonyl (C=O) groups is 2. The van der Waals surface area contributed by atoms with Crippen molar-refractivity contribution in [2.24, 2.45) is 17.8 Å². The number of rotatable bonds is 3. The first-order valence-electron chi connectivity index (χ1n) is 6.16. The molecule has 0 spiro atoms. The summed E-state index contributed by atoms with van der Waals surface area (Å²) in [5, 5.41) is 2.93. The van der Waals surface area contributed by atoms with Gasteiger partial charge in [0.05, 0.1) is 0 Å².